The number of aliphatic hydroxyl groups is 1. The molecule has 3 atom stereocenters. The molecule has 0 aliphatic carbocycles. The summed E-state index contributed by atoms with van der Waals surface area (Å²) in [6.45, 7) is 6.38. The van der Waals surface area contributed by atoms with Crippen LogP contribution < -0.4 is 20.7 Å². The first-order valence-corrected chi connectivity index (χ1v) is 15.2. The Hall–Kier alpha value is -3.26. The topological polar surface area (TPSA) is 153 Å². The van der Waals surface area contributed by atoms with Crippen LogP contribution in [-0.4, -0.2) is 140 Å². The molecule has 0 radical (unpaired) electrons. The van der Waals surface area contributed by atoms with Crippen LogP contribution in [-0.2, 0) is 30.3 Å². The number of ether oxygens (including phenoxy) is 2. The average Bonchev–Trinajstić information content (AvgIpc) is 3.01. The molecule has 3 aliphatic rings. The lowest BCUT2D eigenvalue weighted by Crippen LogP contribution is -2.53. The number of carbonyl (C=O) groups is 4. The van der Waals surface area contributed by atoms with Crippen molar-refractivity contribution in [1.29, 1.82) is 0 Å². The van der Waals surface area contributed by atoms with Gasteiger partial charge in [-0.25, -0.2) is 0 Å². The maximum atomic E-state index is 13.2. The fourth-order valence-electron chi connectivity index (χ4n) is 5.44. The normalized spacial score (nSPS) is 25.1. The zero-order valence-corrected chi connectivity index (χ0v) is 25.3. The van der Waals surface area contributed by atoms with Crippen molar-refractivity contribution in [2.75, 3.05) is 72.7 Å². The lowest BCUT2D eigenvalue weighted by atomic mass is 10.0. The van der Waals surface area contributed by atoms with E-state index in [1.807, 2.05) is 0 Å². The standard InChI is InChI=1S/C30H46N6O7/c1-21-26(37)18-28(39)36(12-9-31-23-7-10-34(2)11-8-23)19-27(38)33-25(30(41)32-21)17-22-3-5-24(6-4-22)43-20-29(40)35-13-15-42-16-14-35/h3-6,21,23,25-26,31,37H,7-20H2,1-2H3,(H,32,41)(H,33,38)/t21-,25-,26-/m0/s1. The third-order valence-corrected chi connectivity index (χ3v) is 8.29. The number of likely N-dealkylation sites (tertiary alicyclic amines) is 1. The molecule has 238 valence electrons. The molecule has 1 aromatic carbocycles. The number of rotatable bonds is 9. The molecule has 0 spiro atoms. The molecule has 1 aromatic rings. The molecule has 3 fully saturated rings. The lowest BCUT2D eigenvalue weighted by Gasteiger charge is -2.30. The fourth-order valence-corrected chi connectivity index (χ4v) is 5.44. The highest BCUT2D eigenvalue weighted by Crippen LogP contribution is 2.15. The molecule has 3 saturated heterocycles. The van der Waals surface area contributed by atoms with Crippen molar-refractivity contribution in [3.8, 4) is 5.75 Å². The van der Waals surface area contributed by atoms with E-state index in [4.69, 9.17) is 9.47 Å². The number of nitrogens with one attached hydrogen (secondary N) is 3. The smallest absolute Gasteiger partial charge is 0.260 e. The van der Waals surface area contributed by atoms with Crippen LogP contribution in [0, 0.1) is 0 Å². The van der Waals surface area contributed by atoms with Gasteiger partial charge in [0.1, 0.15) is 11.8 Å². The van der Waals surface area contributed by atoms with Crippen molar-refractivity contribution in [2.24, 2.45) is 0 Å². The molecule has 13 nitrogen and oxygen atoms in total. The number of hydrogen-bond donors (Lipinski definition) is 4. The number of nitrogens with zero attached hydrogens (tertiary/aromatic N) is 3. The van der Waals surface area contributed by atoms with Gasteiger partial charge in [0.25, 0.3) is 5.91 Å². The molecule has 3 heterocycles. The summed E-state index contributed by atoms with van der Waals surface area (Å²) in [7, 11) is 2.10. The second kappa shape index (κ2) is 16.0. The van der Waals surface area contributed by atoms with Gasteiger partial charge in [-0.3, -0.25) is 19.2 Å². The largest absolute Gasteiger partial charge is 0.484 e. The van der Waals surface area contributed by atoms with E-state index < -0.39 is 30.0 Å². The third-order valence-electron chi connectivity index (χ3n) is 8.29. The highest BCUT2D eigenvalue weighted by molar-refractivity contribution is 5.91. The Morgan fingerprint density at radius 3 is 2.47 bits per heavy atom. The Morgan fingerprint density at radius 2 is 1.77 bits per heavy atom. The Labute approximate surface area is 253 Å². The maximum Gasteiger partial charge on any atom is 0.260 e. The molecule has 0 bridgehead atoms. The maximum absolute atomic E-state index is 13.2. The van der Waals surface area contributed by atoms with Crippen LogP contribution in [0.2, 0.25) is 0 Å². The molecule has 4 rings (SSSR count). The van der Waals surface area contributed by atoms with Crippen LogP contribution in [0.1, 0.15) is 31.7 Å². The quantitative estimate of drug-likeness (QED) is 0.271. The second-order valence-corrected chi connectivity index (χ2v) is 11.7. The highest BCUT2D eigenvalue weighted by atomic mass is 16.5. The minimum Gasteiger partial charge on any atom is -0.484 e. The highest BCUT2D eigenvalue weighted by Gasteiger charge is 2.30. The Balaban J connectivity index is 1.34. The fraction of sp³-hybridized carbons (Fsp3) is 0.667. The summed E-state index contributed by atoms with van der Waals surface area (Å²) in [5.74, 6) is -0.818. The number of benzene rings is 1. The van der Waals surface area contributed by atoms with E-state index in [9.17, 15) is 24.3 Å². The number of carbonyl (C=O) groups excluding carboxylic acids is 4. The number of aliphatic hydroxyl groups excluding tert-OH is 1. The van der Waals surface area contributed by atoms with Crippen molar-refractivity contribution in [2.45, 2.75) is 56.8 Å². The number of hydrogen-bond acceptors (Lipinski definition) is 9. The molecular weight excluding hydrogens is 556 g/mol. The number of morpholine rings is 1. The minimum atomic E-state index is -1.09. The van der Waals surface area contributed by atoms with E-state index >= 15 is 0 Å². The van der Waals surface area contributed by atoms with Gasteiger partial charge in [0, 0.05) is 38.6 Å². The monoisotopic (exact) mass is 602 g/mol. The molecule has 0 aromatic heterocycles. The average molecular weight is 603 g/mol. The van der Waals surface area contributed by atoms with Crippen LogP contribution in [0.15, 0.2) is 24.3 Å². The van der Waals surface area contributed by atoms with Crippen LogP contribution in [0.25, 0.3) is 0 Å². The Morgan fingerprint density at radius 1 is 1.07 bits per heavy atom. The Bertz CT molecular complexity index is 1090. The first-order valence-electron chi connectivity index (χ1n) is 15.2. The summed E-state index contributed by atoms with van der Waals surface area (Å²) < 4.78 is 10.9. The van der Waals surface area contributed by atoms with E-state index in [2.05, 4.69) is 27.9 Å². The van der Waals surface area contributed by atoms with Gasteiger partial charge in [-0.15, -0.1) is 0 Å². The summed E-state index contributed by atoms with van der Waals surface area (Å²) in [5.41, 5.74) is 0.769. The zero-order valence-electron chi connectivity index (χ0n) is 25.3. The van der Waals surface area contributed by atoms with Crippen LogP contribution in [0.3, 0.4) is 0 Å². The second-order valence-electron chi connectivity index (χ2n) is 11.7. The molecule has 13 heteroatoms. The predicted octanol–water partition coefficient (Wildman–Crippen LogP) is -1.27. The third kappa shape index (κ3) is 10.2. The summed E-state index contributed by atoms with van der Waals surface area (Å²) in [6.07, 6.45) is 0.959. The summed E-state index contributed by atoms with van der Waals surface area (Å²) in [5, 5.41) is 19.7. The molecule has 0 saturated carbocycles. The van der Waals surface area contributed by atoms with Crippen molar-refractivity contribution < 1.29 is 33.8 Å². The summed E-state index contributed by atoms with van der Waals surface area (Å²) in [6, 6.07) is 5.76. The van der Waals surface area contributed by atoms with Gasteiger partial charge in [0.15, 0.2) is 6.61 Å². The molecule has 3 aliphatic heterocycles. The number of piperidine rings is 1. The van der Waals surface area contributed by atoms with Crippen molar-refractivity contribution in [3.63, 3.8) is 0 Å². The first-order chi connectivity index (χ1) is 20.7. The summed E-state index contributed by atoms with van der Waals surface area (Å²) >= 11 is 0. The van der Waals surface area contributed by atoms with Gasteiger partial charge in [0.05, 0.1) is 38.3 Å². The summed E-state index contributed by atoms with van der Waals surface area (Å²) in [4.78, 5) is 57.1. The van der Waals surface area contributed by atoms with Crippen LogP contribution >= 0.6 is 0 Å². The lowest BCUT2D eigenvalue weighted by molar-refractivity contribution is -0.138. The molecule has 43 heavy (non-hydrogen) atoms. The number of amides is 4. The van der Waals surface area contributed by atoms with E-state index in [0.29, 0.717) is 51.2 Å². The van der Waals surface area contributed by atoms with E-state index in [1.54, 1.807) is 36.1 Å². The van der Waals surface area contributed by atoms with Gasteiger partial charge < -0.3 is 45.2 Å². The van der Waals surface area contributed by atoms with Crippen LogP contribution in [0.4, 0.5) is 0 Å². The predicted molar refractivity (Wildman–Crippen MR) is 158 cm³/mol. The molecule has 4 N–H and O–H groups in total. The molecule has 4 amide bonds. The van der Waals surface area contributed by atoms with Crippen molar-refractivity contribution in [1.82, 2.24) is 30.7 Å². The van der Waals surface area contributed by atoms with Crippen LogP contribution in [0.5, 0.6) is 5.75 Å². The van der Waals surface area contributed by atoms with Gasteiger partial charge in [-0.1, -0.05) is 12.1 Å². The van der Waals surface area contributed by atoms with Crippen molar-refractivity contribution >= 4 is 23.6 Å². The van der Waals surface area contributed by atoms with Crippen molar-refractivity contribution in [3.05, 3.63) is 29.8 Å². The van der Waals surface area contributed by atoms with E-state index in [-0.39, 0.29) is 37.8 Å². The molecule has 0 unspecified atom stereocenters. The molecular formula is C30H46N6O7. The zero-order chi connectivity index (χ0) is 30.8. The van der Waals surface area contributed by atoms with Gasteiger partial charge in [-0.05, 0) is 57.6 Å². The van der Waals surface area contributed by atoms with E-state index in [1.165, 1.54) is 4.90 Å². The first kappa shape index (κ1) is 32.6. The van der Waals surface area contributed by atoms with Gasteiger partial charge >= 0.3 is 0 Å². The van der Waals surface area contributed by atoms with Gasteiger partial charge in [0.2, 0.25) is 17.7 Å². The SMILES string of the molecule is C[C@@H]1NC(=O)[C@H](Cc2ccc(OCC(=O)N3CCOCC3)cc2)NC(=O)CN(CCNC2CCN(C)CC2)C(=O)C[C@@H]1O. The van der Waals surface area contributed by atoms with Gasteiger partial charge in [-0.2, -0.15) is 0 Å². The minimum absolute atomic E-state index is 0.0800. The Kier molecular flexibility index (Phi) is 12.1. The van der Waals surface area contributed by atoms with E-state index in [0.717, 1.165) is 31.5 Å².